The molecule has 0 radical (unpaired) electrons. The molecule has 3 nitrogen and oxygen atoms in total. The van der Waals surface area contributed by atoms with Gasteiger partial charge in [0.2, 0.25) is 0 Å². The number of ketones is 1. The Kier molecular flexibility index (Phi) is 3.05. The van der Waals surface area contributed by atoms with Gasteiger partial charge in [-0.05, 0) is 35.4 Å². The summed E-state index contributed by atoms with van der Waals surface area (Å²) in [6.07, 6.45) is 0. The number of anilines is 2. The summed E-state index contributed by atoms with van der Waals surface area (Å²) in [5, 5.41) is 0. The molecule has 110 valence electrons. The van der Waals surface area contributed by atoms with Crippen molar-refractivity contribution in [1.82, 2.24) is 0 Å². The second kappa shape index (κ2) is 5.21. The maximum atomic E-state index is 12.3. The second-order valence-corrected chi connectivity index (χ2v) is 5.40. The van der Waals surface area contributed by atoms with Crippen molar-refractivity contribution in [2.45, 2.75) is 0 Å². The Morgan fingerprint density at radius 1 is 0.609 bits per heavy atom. The minimum Gasteiger partial charge on any atom is -0.283 e. The highest BCUT2D eigenvalue weighted by Gasteiger charge is 2.36. The molecule has 0 aliphatic carbocycles. The van der Waals surface area contributed by atoms with Crippen LogP contribution >= 0.6 is 0 Å². The summed E-state index contributed by atoms with van der Waals surface area (Å²) in [4.78, 5) is 25.9. The molecule has 3 aromatic carbocycles. The number of rotatable bonds is 2. The van der Waals surface area contributed by atoms with E-state index >= 15 is 0 Å². The molecule has 4 rings (SSSR count). The number of para-hydroxylation sites is 1. The number of amides is 1. The molecular weight excluding hydrogens is 286 g/mol. The van der Waals surface area contributed by atoms with Crippen molar-refractivity contribution in [2.24, 2.45) is 0 Å². The van der Waals surface area contributed by atoms with Gasteiger partial charge in [-0.15, -0.1) is 0 Å². The summed E-state index contributed by atoms with van der Waals surface area (Å²) < 4.78 is 0. The van der Waals surface area contributed by atoms with Gasteiger partial charge >= 0.3 is 5.91 Å². The van der Waals surface area contributed by atoms with Gasteiger partial charge < -0.3 is 0 Å². The molecule has 0 fully saturated rings. The number of nitrogens with zero attached hydrogens (tertiary/aromatic N) is 1. The quantitative estimate of drug-likeness (QED) is 0.665. The van der Waals surface area contributed by atoms with Crippen LogP contribution in [0.1, 0.15) is 10.4 Å². The van der Waals surface area contributed by atoms with Crippen molar-refractivity contribution in [2.75, 3.05) is 4.90 Å². The highest BCUT2D eigenvalue weighted by atomic mass is 16.2. The van der Waals surface area contributed by atoms with E-state index in [0.717, 1.165) is 11.1 Å². The number of fused-ring (bicyclic) bond motifs is 1. The summed E-state index contributed by atoms with van der Waals surface area (Å²) >= 11 is 0. The summed E-state index contributed by atoms with van der Waals surface area (Å²) in [6.45, 7) is 0. The Morgan fingerprint density at radius 2 is 1.22 bits per heavy atom. The van der Waals surface area contributed by atoms with E-state index in [9.17, 15) is 9.59 Å². The number of hydrogen-bond donors (Lipinski definition) is 0. The van der Waals surface area contributed by atoms with Crippen LogP contribution in [0.15, 0.2) is 78.9 Å². The molecule has 0 atom stereocenters. The lowest BCUT2D eigenvalue weighted by molar-refractivity contribution is -0.113. The fourth-order valence-corrected chi connectivity index (χ4v) is 2.88. The first-order chi connectivity index (χ1) is 11.3. The van der Waals surface area contributed by atoms with E-state index in [0.29, 0.717) is 16.9 Å². The van der Waals surface area contributed by atoms with Gasteiger partial charge in [0.1, 0.15) is 0 Å². The van der Waals surface area contributed by atoms with Gasteiger partial charge in [0.05, 0.1) is 11.3 Å². The van der Waals surface area contributed by atoms with Crippen molar-refractivity contribution >= 4 is 23.1 Å². The average molecular weight is 299 g/mol. The molecular formula is C20H13NO2. The number of carbonyl (C=O) groups excluding carboxylic acids is 2. The van der Waals surface area contributed by atoms with Crippen molar-refractivity contribution in [1.29, 1.82) is 0 Å². The van der Waals surface area contributed by atoms with E-state index in [1.807, 2.05) is 60.7 Å². The van der Waals surface area contributed by atoms with Crippen molar-refractivity contribution in [3.05, 3.63) is 84.4 Å². The van der Waals surface area contributed by atoms with E-state index in [4.69, 9.17) is 0 Å². The largest absolute Gasteiger partial charge is 0.304 e. The fourth-order valence-electron chi connectivity index (χ4n) is 2.88. The van der Waals surface area contributed by atoms with Gasteiger partial charge in [0, 0.05) is 5.69 Å². The standard InChI is InChI=1S/C20H13NO2/c22-19-17-8-4-5-9-18(17)21(20(19)23)16-12-10-15(11-13-16)14-6-2-1-3-7-14/h1-13H. The molecule has 0 saturated heterocycles. The van der Waals surface area contributed by atoms with E-state index < -0.39 is 11.7 Å². The van der Waals surface area contributed by atoms with E-state index in [1.165, 1.54) is 4.90 Å². The molecule has 0 saturated carbocycles. The topological polar surface area (TPSA) is 37.4 Å². The highest BCUT2D eigenvalue weighted by molar-refractivity contribution is 6.53. The summed E-state index contributed by atoms with van der Waals surface area (Å²) in [5.74, 6) is -0.952. The first-order valence-corrected chi connectivity index (χ1v) is 7.39. The molecule has 1 aliphatic rings. The Morgan fingerprint density at radius 3 is 1.96 bits per heavy atom. The zero-order valence-corrected chi connectivity index (χ0v) is 12.3. The smallest absolute Gasteiger partial charge is 0.283 e. The molecule has 0 unspecified atom stereocenters. The SMILES string of the molecule is O=C1C(=O)N(c2ccc(-c3ccccc3)cc2)c2ccccc21. The van der Waals surface area contributed by atoms with Crippen LogP contribution < -0.4 is 4.90 Å². The van der Waals surface area contributed by atoms with Crippen LogP contribution in [-0.4, -0.2) is 11.7 Å². The first-order valence-electron chi connectivity index (χ1n) is 7.39. The van der Waals surface area contributed by atoms with E-state index in [1.54, 1.807) is 18.2 Å². The van der Waals surface area contributed by atoms with Gasteiger partial charge in [-0.25, -0.2) is 0 Å². The zero-order valence-electron chi connectivity index (χ0n) is 12.3. The third-order valence-electron chi connectivity index (χ3n) is 4.02. The molecule has 1 aliphatic heterocycles. The van der Waals surface area contributed by atoms with Crippen LogP contribution in [0, 0.1) is 0 Å². The van der Waals surface area contributed by atoms with Gasteiger partial charge in [0.25, 0.3) is 5.78 Å². The van der Waals surface area contributed by atoms with E-state index in [-0.39, 0.29) is 0 Å². The first kappa shape index (κ1) is 13.5. The fraction of sp³-hybridized carbons (Fsp3) is 0. The van der Waals surface area contributed by atoms with Crippen LogP contribution in [-0.2, 0) is 4.79 Å². The molecule has 0 spiro atoms. The summed E-state index contributed by atoms with van der Waals surface area (Å²) in [5.41, 5.74) is 4.00. The highest BCUT2D eigenvalue weighted by Crippen LogP contribution is 2.35. The zero-order chi connectivity index (χ0) is 15.8. The van der Waals surface area contributed by atoms with Crippen LogP contribution in [0.4, 0.5) is 11.4 Å². The van der Waals surface area contributed by atoms with Crippen LogP contribution in [0.5, 0.6) is 0 Å². The average Bonchev–Trinajstić information content (AvgIpc) is 2.87. The number of Topliss-reactive ketones (excluding diaryl/α,β-unsaturated/α-hetero) is 1. The molecule has 0 bridgehead atoms. The Balaban J connectivity index is 1.75. The monoisotopic (exact) mass is 299 g/mol. The van der Waals surface area contributed by atoms with Crippen molar-refractivity contribution < 1.29 is 9.59 Å². The summed E-state index contributed by atoms with van der Waals surface area (Å²) in [7, 11) is 0. The lowest BCUT2D eigenvalue weighted by Crippen LogP contribution is -2.24. The van der Waals surface area contributed by atoms with Crippen LogP contribution in [0.2, 0.25) is 0 Å². The van der Waals surface area contributed by atoms with Crippen LogP contribution in [0.25, 0.3) is 11.1 Å². The minimum atomic E-state index is -0.501. The third kappa shape index (κ3) is 2.14. The number of hydrogen-bond acceptors (Lipinski definition) is 2. The van der Waals surface area contributed by atoms with Crippen molar-refractivity contribution in [3.8, 4) is 11.1 Å². The molecule has 0 N–H and O–H groups in total. The normalized spacial score (nSPS) is 13.3. The molecule has 0 aromatic heterocycles. The summed E-state index contributed by atoms with van der Waals surface area (Å²) in [6, 6.07) is 24.8. The van der Waals surface area contributed by atoms with Gasteiger partial charge in [-0.3, -0.25) is 14.5 Å². The van der Waals surface area contributed by atoms with Gasteiger partial charge in [-0.1, -0.05) is 54.6 Å². The minimum absolute atomic E-state index is 0.451. The predicted molar refractivity (Wildman–Crippen MR) is 89.8 cm³/mol. The number of benzene rings is 3. The molecule has 1 amide bonds. The van der Waals surface area contributed by atoms with Crippen LogP contribution in [0.3, 0.4) is 0 Å². The molecule has 3 aromatic rings. The Labute approximate surface area is 133 Å². The molecule has 1 heterocycles. The maximum absolute atomic E-state index is 12.3. The van der Waals surface area contributed by atoms with Gasteiger partial charge in [0.15, 0.2) is 0 Å². The maximum Gasteiger partial charge on any atom is 0.304 e. The van der Waals surface area contributed by atoms with E-state index in [2.05, 4.69) is 0 Å². The second-order valence-electron chi connectivity index (χ2n) is 5.40. The Hall–Kier alpha value is -3.20. The molecule has 3 heteroatoms. The van der Waals surface area contributed by atoms with Crippen molar-refractivity contribution in [3.63, 3.8) is 0 Å². The predicted octanol–water partition coefficient (Wildman–Crippen LogP) is 4.21. The lowest BCUT2D eigenvalue weighted by atomic mass is 10.1. The third-order valence-corrected chi connectivity index (χ3v) is 4.02. The number of carbonyl (C=O) groups is 2. The lowest BCUT2D eigenvalue weighted by Gasteiger charge is -2.17. The van der Waals surface area contributed by atoms with Gasteiger partial charge in [-0.2, -0.15) is 0 Å². The Bertz CT molecular complexity index is 898. The molecule has 23 heavy (non-hydrogen) atoms.